The maximum Gasteiger partial charge on any atom is 0.0615 e. The maximum atomic E-state index is 5.36. The molecule has 2 aliphatic rings. The van der Waals surface area contributed by atoms with Crippen LogP contribution < -0.4 is 5.32 Å². The van der Waals surface area contributed by atoms with Crippen LogP contribution in [0, 0.1) is 5.41 Å². The minimum atomic E-state index is 0.513. The Balaban J connectivity index is 1.93. The molecule has 1 N–H and O–H groups in total. The van der Waals surface area contributed by atoms with Gasteiger partial charge in [0.25, 0.3) is 0 Å². The van der Waals surface area contributed by atoms with Crippen molar-refractivity contribution >= 4 is 0 Å². The van der Waals surface area contributed by atoms with Crippen LogP contribution >= 0.6 is 0 Å². The Morgan fingerprint density at radius 2 is 1.95 bits per heavy atom. The summed E-state index contributed by atoms with van der Waals surface area (Å²) in [5.74, 6) is 0. The van der Waals surface area contributed by atoms with Crippen molar-refractivity contribution in [2.24, 2.45) is 5.41 Å². The Bertz CT molecular complexity index is 272. The van der Waals surface area contributed by atoms with Crippen LogP contribution in [0.1, 0.15) is 58.8 Å². The van der Waals surface area contributed by atoms with Crippen molar-refractivity contribution in [2.45, 2.75) is 70.9 Å². The van der Waals surface area contributed by atoms with Crippen LogP contribution in [0.25, 0.3) is 0 Å². The van der Waals surface area contributed by atoms with E-state index >= 15 is 0 Å². The van der Waals surface area contributed by atoms with Gasteiger partial charge in [-0.05, 0) is 44.6 Å². The normalized spacial score (nSPS) is 24.0. The molecular weight excluding hydrogens is 248 g/mol. The third kappa shape index (κ3) is 4.71. The predicted octanol–water partition coefficient (Wildman–Crippen LogP) is 3.05. The van der Waals surface area contributed by atoms with Gasteiger partial charge in [-0.1, -0.05) is 26.2 Å². The first-order chi connectivity index (χ1) is 9.69. The largest absolute Gasteiger partial charge is 0.383 e. The lowest BCUT2D eigenvalue weighted by Crippen LogP contribution is -2.49. The minimum Gasteiger partial charge on any atom is -0.383 e. The molecule has 3 heteroatoms. The molecule has 3 nitrogen and oxygen atoms in total. The maximum absolute atomic E-state index is 5.36. The first-order valence-electron chi connectivity index (χ1n) is 8.65. The number of hydrogen-bond donors (Lipinski definition) is 1. The average molecular weight is 282 g/mol. The Kier molecular flexibility index (Phi) is 6.31. The fraction of sp³-hybridized carbons (Fsp3) is 1.00. The van der Waals surface area contributed by atoms with E-state index in [-0.39, 0.29) is 0 Å². The highest BCUT2D eigenvalue weighted by molar-refractivity contribution is 4.92. The standard InChI is InChI=1S/C17H34N2O/c1-4-19(15(2)12-20-3)14-17(10-6-5-7-11-17)13-18-16-8-9-16/h15-16,18H,4-14H2,1-3H3. The van der Waals surface area contributed by atoms with Gasteiger partial charge in [-0.2, -0.15) is 0 Å². The molecule has 0 heterocycles. The van der Waals surface area contributed by atoms with Gasteiger partial charge in [-0.3, -0.25) is 4.90 Å². The van der Waals surface area contributed by atoms with E-state index in [1.165, 1.54) is 58.0 Å². The van der Waals surface area contributed by atoms with Crippen LogP contribution in [0.4, 0.5) is 0 Å². The van der Waals surface area contributed by atoms with Crippen LogP contribution in [-0.2, 0) is 4.74 Å². The minimum absolute atomic E-state index is 0.513. The molecule has 2 aliphatic carbocycles. The monoisotopic (exact) mass is 282 g/mol. The van der Waals surface area contributed by atoms with Gasteiger partial charge in [-0.25, -0.2) is 0 Å². The van der Waals surface area contributed by atoms with Crippen molar-refractivity contribution in [2.75, 3.05) is 33.4 Å². The number of hydrogen-bond acceptors (Lipinski definition) is 3. The van der Waals surface area contributed by atoms with E-state index in [9.17, 15) is 0 Å². The van der Waals surface area contributed by atoms with Gasteiger partial charge in [0.1, 0.15) is 0 Å². The topological polar surface area (TPSA) is 24.5 Å². The molecule has 0 spiro atoms. The third-order valence-electron chi connectivity index (χ3n) is 5.23. The fourth-order valence-corrected chi connectivity index (χ4v) is 3.70. The molecule has 0 amide bonds. The van der Waals surface area contributed by atoms with Crippen molar-refractivity contribution in [3.63, 3.8) is 0 Å². The molecule has 2 rings (SSSR count). The number of nitrogens with one attached hydrogen (secondary N) is 1. The molecular formula is C17H34N2O. The highest BCUT2D eigenvalue weighted by Gasteiger charge is 2.36. The molecule has 0 aromatic heterocycles. The van der Waals surface area contributed by atoms with Gasteiger partial charge < -0.3 is 10.1 Å². The molecule has 2 fully saturated rings. The summed E-state index contributed by atoms with van der Waals surface area (Å²) in [6.45, 7) is 9.05. The van der Waals surface area contributed by atoms with Gasteiger partial charge in [-0.15, -0.1) is 0 Å². The highest BCUT2D eigenvalue weighted by atomic mass is 16.5. The summed E-state index contributed by atoms with van der Waals surface area (Å²) in [5.41, 5.74) is 0.513. The molecule has 0 radical (unpaired) electrons. The number of likely N-dealkylation sites (N-methyl/N-ethyl adjacent to an activating group) is 1. The lowest BCUT2D eigenvalue weighted by molar-refractivity contribution is 0.0481. The van der Waals surface area contributed by atoms with Gasteiger partial charge >= 0.3 is 0 Å². The van der Waals surface area contributed by atoms with Gasteiger partial charge in [0.15, 0.2) is 0 Å². The van der Waals surface area contributed by atoms with Crippen LogP contribution in [0.15, 0.2) is 0 Å². The van der Waals surface area contributed by atoms with Gasteiger partial charge in [0.05, 0.1) is 6.61 Å². The van der Waals surface area contributed by atoms with Crippen molar-refractivity contribution in [1.29, 1.82) is 0 Å². The Morgan fingerprint density at radius 3 is 2.50 bits per heavy atom. The average Bonchev–Trinajstić information content (AvgIpc) is 3.28. The van der Waals surface area contributed by atoms with Crippen LogP contribution in [0.2, 0.25) is 0 Å². The summed E-state index contributed by atoms with van der Waals surface area (Å²) in [4.78, 5) is 2.63. The van der Waals surface area contributed by atoms with Gasteiger partial charge in [0, 0.05) is 32.3 Å². The SMILES string of the molecule is CCN(CC1(CNC2CC2)CCCCC1)C(C)COC. The summed E-state index contributed by atoms with van der Waals surface area (Å²) in [7, 11) is 1.81. The molecule has 118 valence electrons. The van der Waals surface area contributed by atoms with Crippen molar-refractivity contribution in [1.82, 2.24) is 10.2 Å². The van der Waals surface area contributed by atoms with Crippen molar-refractivity contribution in [3.05, 3.63) is 0 Å². The lowest BCUT2D eigenvalue weighted by Gasteiger charge is -2.43. The van der Waals surface area contributed by atoms with E-state index in [0.29, 0.717) is 11.5 Å². The van der Waals surface area contributed by atoms with Crippen molar-refractivity contribution in [3.8, 4) is 0 Å². The molecule has 2 saturated carbocycles. The molecule has 1 atom stereocenters. The van der Waals surface area contributed by atoms with Crippen LogP contribution in [-0.4, -0.2) is 50.3 Å². The number of ether oxygens (including phenoxy) is 1. The summed E-state index contributed by atoms with van der Waals surface area (Å²) in [6.07, 6.45) is 9.88. The Labute approximate surface area is 125 Å². The van der Waals surface area contributed by atoms with Crippen molar-refractivity contribution < 1.29 is 4.74 Å². The quantitative estimate of drug-likeness (QED) is 0.703. The Morgan fingerprint density at radius 1 is 1.25 bits per heavy atom. The second kappa shape index (κ2) is 7.77. The molecule has 0 aliphatic heterocycles. The van der Waals surface area contributed by atoms with Crippen LogP contribution in [0.3, 0.4) is 0 Å². The second-order valence-electron chi connectivity index (χ2n) is 7.08. The summed E-state index contributed by atoms with van der Waals surface area (Å²) in [6, 6.07) is 1.37. The number of methoxy groups -OCH3 is 1. The first-order valence-corrected chi connectivity index (χ1v) is 8.65. The highest BCUT2D eigenvalue weighted by Crippen LogP contribution is 2.37. The van der Waals surface area contributed by atoms with E-state index in [4.69, 9.17) is 4.74 Å². The molecule has 20 heavy (non-hydrogen) atoms. The zero-order valence-electron chi connectivity index (χ0n) is 13.8. The Hall–Kier alpha value is -0.120. The van der Waals surface area contributed by atoms with Crippen LogP contribution in [0.5, 0.6) is 0 Å². The first kappa shape index (κ1) is 16.3. The molecule has 1 unspecified atom stereocenters. The second-order valence-corrected chi connectivity index (χ2v) is 7.08. The fourth-order valence-electron chi connectivity index (χ4n) is 3.70. The van der Waals surface area contributed by atoms with E-state index in [1.54, 1.807) is 0 Å². The summed E-state index contributed by atoms with van der Waals surface area (Å²) >= 11 is 0. The lowest BCUT2D eigenvalue weighted by atomic mass is 9.73. The summed E-state index contributed by atoms with van der Waals surface area (Å²) in [5, 5.41) is 3.81. The molecule has 0 aromatic rings. The number of rotatable bonds is 9. The molecule has 0 bridgehead atoms. The zero-order valence-corrected chi connectivity index (χ0v) is 13.8. The van der Waals surface area contributed by atoms with Gasteiger partial charge in [0.2, 0.25) is 0 Å². The van der Waals surface area contributed by atoms with E-state index in [2.05, 4.69) is 24.1 Å². The smallest absolute Gasteiger partial charge is 0.0615 e. The molecule has 0 aromatic carbocycles. The van der Waals surface area contributed by atoms with E-state index < -0.39 is 0 Å². The number of nitrogens with zero attached hydrogens (tertiary/aromatic N) is 1. The zero-order chi connectivity index (χ0) is 14.4. The van der Waals surface area contributed by atoms with E-state index in [0.717, 1.165) is 19.2 Å². The third-order valence-corrected chi connectivity index (χ3v) is 5.23. The predicted molar refractivity (Wildman–Crippen MR) is 85.1 cm³/mol. The van der Waals surface area contributed by atoms with E-state index in [1.807, 2.05) is 7.11 Å². The molecule has 0 saturated heterocycles. The summed E-state index contributed by atoms with van der Waals surface area (Å²) < 4.78 is 5.36.